The number of aromatic nitrogens is 1. The minimum atomic E-state index is -0.764. The largest absolute Gasteiger partial charge is 0.482 e. The average Bonchev–Trinajstić information content (AvgIpc) is 2.56. The SMILES string of the molecule is Cc1cc(F)ccc1NC(=O)C(C)NC(=O)COc1cccnc1. The Morgan fingerprint density at radius 2 is 2.12 bits per heavy atom. The van der Waals surface area contributed by atoms with Gasteiger partial charge in [-0.15, -0.1) is 0 Å². The van der Waals surface area contributed by atoms with Crippen molar-refractivity contribution in [3.63, 3.8) is 0 Å². The highest BCUT2D eigenvalue weighted by Gasteiger charge is 2.16. The number of halogens is 1. The smallest absolute Gasteiger partial charge is 0.258 e. The molecule has 2 rings (SSSR count). The Morgan fingerprint density at radius 3 is 2.79 bits per heavy atom. The summed E-state index contributed by atoms with van der Waals surface area (Å²) in [6.45, 7) is 3.01. The van der Waals surface area contributed by atoms with Crippen molar-refractivity contribution in [2.24, 2.45) is 0 Å². The predicted molar refractivity (Wildman–Crippen MR) is 87.1 cm³/mol. The van der Waals surface area contributed by atoms with Crippen LogP contribution in [0.2, 0.25) is 0 Å². The molecule has 0 saturated heterocycles. The van der Waals surface area contributed by atoms with Crippen molar-refractivity contribution in [2.75, 3.05) is 11.9 Å². The van der Waals surface area contributed by atoms with Crippen LogP contribution in [0, 0.1) is 12.7 Å². The van der Waals surface area contributed by atoms with E-state index in [0.29, 0.717) is 17.0 Å². The molecule has 1 aromatic heterocycles. The quantitative estimate of drug-likeness (QED) is 0.849. The predicted octanol–water partition coefficient (Wildman–Crippen LogP) is 2.05. The van der Waals surface area contributed by atoms with Gasteiger partial charge in [0.15, 0.2) is 6.61 Å². The molecule has 2 aromatic rings. The first-order valence-electron chi connectivity index (χ1n) is 7.35. The molecule has 0 fully saturated rings. The lowest BCUT2D eigenvalue weighted by Gasteiger charge is -2.15. The average molecular weight is 331 g/mol. The van der Waals surface area contributed by atoms with Crippen LogP contribution in [0.15, 0.2) is 42.7 Å². The molecule has 126 valence electrons. The number of pyridine rings is 1. The van der Waals surface area contributed by atoms with Crippen LogP contribution in [0.3, 0.4) is 0 Å². The van der Waals surface area contributed by atoms with E-state index in [1.807, 2.05) is 0 Å². The molecule has 0 bridgehead atoms. The van der Waals surface area contributed by atoms with Gasteiger partial charge in [-0.3, -0.25) is 14.6 Å². The minimum absolute atomic E-state index is 0.223. The maximum Gasteiger partial charge on any atom is 0.258 e. The van der Waals surface area contributed by atoms with E-state index in [4.69, 9.17) is 4.74 Å². The minimum Gasteiger partial charge on any atom is -0.482 e. The van der Waals surface area contributed by atoms with Gasteiger partial charge in [0.05, 0.1) is 6.20 Å². The molecule has 0 radical (unpaired) electrons. The molecule has 1 atom stereocenters. The van der Waals surface area contributed by atoms with Gasteiger partial charge in [-0.2, -0.15) is 0 Å². The Balaban J connectivity index is 1.83. The van der Waals surface area contributed by atoms with Crippen molar-refractivity contribution in [1.29, 1.82) is 0 Å². The normalized spacial score (nSPS) is 11.5. The number of ether oxygens (including phenoxy) is 1. The van der Waals surface area contributed by atoms with Crippen molar-refractivity contribution in [3.8, 4) is 5.75 Å². The first-order chi connectivity index (χ1) is 11.5. The molecule has 2 amide bonds. The van der Waals surface area contributed by atoms with Crippen molar-refractivity contribution in [2.45, 2.75) is 19.9 Å². The summed E-state index contributed by atoms with van der Waals surface area (Å²) in [5, 5.41) is 5.18. The van der Waals surface area contributed by atoms with Gasteiger partial charge in [-0.05, 0) is 49.7 Å². The number of carbonyl (C=O) groups is 2. The summed E-state index contributed by atoms with van der Waals surface area (Å²) in [5.41, 5.74) is 1.09. The molecule has 24 heavy (non-hydrogen) atoms. The fourth-order valence-electron chi connectivity index (χ4n) is 1.94. The maximum atomic E-state index is 13.1. The number of hydrogen-bond acceptors (Lipinski definition) is 4. The lowest BCUT2D eigenvalue weighted by Crippen LogP contribution is -2.43. The first kappa shape index (κ1) is 17.4. The second-order valence-corrected chi connectivity index (χ2v) is 5.22. The van der Waals surface area contributed by atoms with E-state index in [2.05, 4.69) is 15.6 Å². The Labute approximate surface area is 139 Å². The van der Waals surface area contributed by atoms with E-state index in [9.17, 15) is 14.0 Å². The van der Waals surface area contributed by atoms with E-state index >= 15 is 0 Å². The Kier molecular flexibility index (Phi) is 5.83. The van der Waals surface area contributed by atoms with Crippen molar-refractivity contribution < 1.29 is 18.7 Å². The molecule has 0 spiro atoms. The summed E-state index contributed by atoms with van der Waals surface area (Å²) in [6.07, 6.45) is 3.08. The molecule has 1 aromatic carbocycles. The molecule has 1 unspecified atom stereocenters. The number of rotatable bonds is 6. The van der Waals surface area contributed by atoms with Crippen molar-refractivity contribution >= 4 is 17.5 Å². The number of nitrogens with one attached hydrogen (secondary N) is 2. The molecule has 0 aliphatic rings. The third-order valence-electron chi connectivity index (χ3n) is 3.22. The van der Waals surface area contributed by atoms with Crippen LogP contribution in [0.1, 0.15) is 12.5 Å². The number of carbonyl (C=O) groups excluding carboxylic acids is 2. The third kappa shape index (κ3) is 5.05. The molecule has 2 N–H and O–H groups in total. The standard InChI is InChI=1S/C17H18FN3O3/c1-11-8-13(18)5-6-15(11)21-17(23)12(2)20-16(22)10-24-14-4-3-7-19-9-14/h3-9,12H,10H2,1-2H3,(H,20,22)(H,21,23). The van der Waals surface area contributed by atoms with E-state index in [1.54, 1.807) is 32.2 Å². The van der Waals surface area contributed by atoms with Gasteiger partial charge in [-0.25, -0.2) is 4.39 Å². The number of amides is 2. The highest BCUT2D eigenvalue weighted by molar-refractivity contribution is 5.97. The Bertz CT molecular complexity index is 722. The zero-order chi connectivity index (χ0) is 17.5. The van der Waals surface area contributed by atoms with Crippen LogP contribution in [0.5, 0.6) is 5.75 Å². The van der Waals surface area contributed by atoms with Gasteiger partial charge >= 0.3 is 0 Å². The molecular formula is C17H18FN3O3. The van der Waals surface area contributed by atoms with Gasteiger partial charge in [0.25, 0.3) is 5.91 Å². The van der Waals surface area contributed by atoms with Crippen LogP contribution in [-0.4, -0.2) is 29.4 Å². The fraction of sp³-hybridized carbons (Fsp3) is 0.235. The van der Waals surface area contributed by atoms with Crippen molar-refractivity contribution in [1.82, 2.24) is 10.3 Å². The van der Waals surface area contributed by atoms with E-state index < -0.39 is 17.9 Å². The molecule has 7 heteroatoms. The number of hydrogen-bond donors (Lipinski definition) is 2. The van der Waals surface area contributed by atoms with Gasteiger partial charge < -0.3 is 15.4 Å². The summed E-state index contributed by atoms with van der Waals surface area (Å²) in [5.74, 6) is -0.747. The summed E-state index contributed by atoms with van der Waals surface area (Å²) < 4.78 is 18.3. The van der Waals surface area contributed by atoms with Gasteiger partial charge in [0.1, 0.15) is 17.6 Å². The molecule has 0 aliphatic heterocycles. The summed E-state index contributed by atoms with van der Waals surface area (Å²) in [4.78, 5) is 27.8. The zero-order valence-corrected chi connectivity index (χ0v) is 13.4. The monoisotopic (exact) mass is 331 g/mol. The molecule has 6 nitrogen and oxygen atoms in total. The zero-order valence-electron chi connectivity index (χ0n) is 13.4. The lowest BCUT2D eigenvalue weighted by atomic mass is 10.2. The van der Waals surface area contributed by atoms with Crippen LogP contribution in [0.4, 0.5) is 10.1 Å². The number of benzene rings is 1. The van der Waals surface area contributed by atoms with Gasteiger partial charge in [0.2, 0.25) is 5.91 Å². The van der Waals surface area contributed by atoms with Gasteiger partial charge in [-0.1, -0.05) is 0 Å². The Hall–Kier alpha value is -2.96. The molecular weight excluding hydrogens is 313 g/mol. The maximum absolute atomic E-state index is 13.1. The van der Waals surface area contributed by atoms with E-state index in [0.717, 1.165) is 0 Å². The number of aryl methyl sites for hydroxylation is 1. The van der Waals surface area contributed by atoms with Crippen LogP contribution in [-0.2, 0) is 9.59 Å². The number of anilines is 1. The summed E-state index contributed by atoms with van der Waals surface area (Å²) in [7, 11) is 0. The van der Waals surface area contributed by atoms with E-state index in [-0.39, 0.29) is 12.4 Å². The van der Waals surface area contributed by atoms with Crippen molar-refractivity contribution in [3.05, 3.63) is 54.1 Å². The summed E-state index contributed by atoms with van der Waals surface area (Å²) in [6, 6.07) is 6.65. The topological polar surface area (TPSA) is 80.3 Å². The van der Waals surface area contributed by atoms with Crippen LogP contribution in [0.25, 0.3) is 0 Å². The van der Waals surface area contributed by atoms with Crippen LogP contribution < -0.4 is 15.4 Å². The number of nitrogens with zero attached hydrogens (tertiary/aromatic N) is 1. The van der Waals surface area contributed by atoms with Crippen LogP contribution >= 0.6 is 0 Å². The molecule has 0 aliphatic carbocycles. The fourth-order valence-corrected chi connectivity index (χ4v) is 1.94. The second-order valence-electron chi connectivity index (χ2n) is 5.22. The highest BCUT2D eigenvalue weighted by Crippen LogP contribution is 2.15. The molecule has 0 saturated carbocycles. The van der Waals surface area contributed by atoms with E-state index in [1.165, 1.54) is 24.4 Å². The molecule has 1 heterocycles. The second kappa shape index (κ2) is 8.05. The van der Waals surface area contributed by atoms with Gasteiger partial charge in [0, 0.05) is 11.9 Å². The first-order valence-corrected chi connectivity index (χ1v) is 7.35. The highest BCUT2D eigenvalue weighted by atomic mass is 19.1. The summed E-state index contributed by atoms with van der Waals surface area (Å²) >= 11 is 0. The third-order valence-corrected chi connectivity index (χ3v) is 3.22. The lowest BCUT2D eigenvalue weighted by molar-refractivity contribution is -0.127. The Morgan fingerprint density at radius 1 is 1.33 bits per heavy atom.